The van der Waals surface area contributed by atoms with Gasteiger partial charge in [-0.15, -0.1) is 0 Å². The molecule has 16 bridgehead atoms. The van der Waals surface area contributed by atoms with E-state index < -0.39 is 11.6 Å². The molecule has 8 aromatic rings. The first kappa shape index (κ1) is 75.8. The quantitative estimate of drug-likeness (QED) is 0.0597. The Labute approximate surface area is 646 Å². The van der Waals surface area contributed by atoms with Crippen molar-refractivity contribution < 1.29 is 77.4 Å². The number of allylic oxidation sites excluding steroid dienone is 1. The van der Waals surface area contributed by atoms with Gasteiger partial charge in [-0.05, 0) is 339 Å². The van der Waals surface area contributed by atoms with Gasteiger partial charge in [0.15, 0.2) is 11.2 Å². The SMILES string of the molecule is C.C.COC(=C1C2CC3CC(C2)CC1C3)c1ccc2cc(OC(C)=O)ccc2c1.COC(=O)c1ccc2cc(O)ccc2c1.COC1(c2ccc3cc(O)ccc3c2)OOC12C1CC3CC(C1)CC2C3.COC1(c2ccc3cc(OC(C)=O)ccc3c2)OOC12C1CC3CC(C1)CC2C3.O=C1C2CC3CC(C2)CC1C3. The van der Waals surface area contributed by atoms with Crippen LogP contribution in [0.5, 0.6) is 23.0 Å². The van der Waals surface area contributed by atoms with Gasteiger partial charge in [-0.25, -0.2) is 14.6 Å². The lowest BCUT2D eigenvalue weighted by molar-refractivity contribution is -0.645. The average molecular weight is 1490 g/mol. The van der Waals surface area contributed by atoms with Crippen molar-refractivity contribution in [2.75, 3.05) is 28.4 Å². The molecular weight excluding hydrogens is 1390 g/mol. The third kappa shape index (κ3) is 13.0. The summed E-state index contributed by atoms with van der Waals surface area (Å²) in [7, 11) is 6.66. The molecule has 2 aliphatic heterocycles. The monoisotopic (exact) mass is 1490 g/mol. The Hall–Kier alpha value is -8.22. The smallest absolute Gasteiger partial charge is 0.337 e. The molecular formula is C94H108O16. The van der Waals surface area contributed by atoms with E-state index in [2.05, 4.69) is 47.2 Å². The number of fused-ring (bicyclic) bond motifs is 4. The van der Waals surface area contributed by atoms with Gasteiger partial charge in [0.2, 0.25) is 0 Å². The number of esters is 3. The molecule has 110 heavy (non-hydrogen) atoms. The second kappa shape index (κ2) is 29.7. The van der Waals surface area contributed by atoms with Gasteiger partial charge in [0.05, 0.1) is 19.8 Å². The molecule has 18 fully saturated rings. The third-order valence-corrected chi connectivity index (χ3v) is 28.6. The number of hydrogen-bond donors (Lipinski definition) is 2. The van der Waals surface area contributed by atoms with Crippen molar-refractivity contribution >= 4 is 72.5 Å². The van der Waals surface area contributed by atoms with Crippen LogP contribution >= 0.6 is 0 Å². The number of ketones is 1. The summed E-state index contributed by atoms with van der Waals surface area (Å²) >= 11 is 0. The Morgan fingerprint density at radius 3 is 1.03 bits per heavy atom. The highest BCUT2D eigenvalue weighted by Crippen LogP contribution is 2.71. The summed E-state index contributed by atoms with van der Waals surface area (Å²) in [6.45, 7) is 2.84. The number of phenolic OH excluding ortho intramolecular Hbond substituents is 2. The molecule has 16 aliphatic carbocycles. The van der Waals surface area contributed by atoms with Crippen LogP contribution in [0, 0.1) is 94.7 Å². The fraction of sp³-hybridized carbons (Fsp3) is 0.511. The van der Waals surface area contributed by atoms with E-state index in [0.29, 0.717) is 58.4 Å². The number of Topliss-reactive ketones (excluding diaryl/α,β-unsaturated/α-hetero) is 1. The molecule has 26 rings (SSSR count). The first-order valence-corrected chi connectivity index (χ1v) is 40.0. The van der Waals surface area contributed by atoms with Gasteiger partial charge in [0.1, 0.15) is 34.5 Å². The minimum atomic E-state index is -0.849. The van der Waals surface area contributed by atoms with E-state index >= 15 is 0 Å². The van der Waals surface area contributed by atoms with Crippen LogP contribution in [0.15, 0.2) is 151 Å². The van der Waals surface area contributed by atoms with Crippen LogP contribution in [0.2, 0.25) is 0 Å². The molecule has 0 aromatic heterocycles. The lowest BCUT2D eigenvalue weighted by Gasteiger charge is -2.68. The zero-order valence-corrected chi connectivity index (χ0v) is 62.8. The van der Waals surface area contributed by atoms with Crippen molar-refractivity contribution in [3.63, 3.8) is 0 Å². The van der Waals surface area contributed by atoms with Gasteiger partial charge in [-0.1, -0.05) is 81.6 Å². The van der Waals surface area contributed by atoms with Gasteiger partial charge in [-0.3, -0.25) is 14.4 Å². The van der Waals surface area contributed by atoms with Crippen molar-refractivity contribution in [1.29, 1.82) is 0 Å². The summed E-state index contributed by atoms with van der Waals surface area (Å²) in [5.41, 5.74) is 4.58. The maximum absolute atomic E-state index is 11.6. The molecule has 16 nitrogen and oxygen atoms in total. The molecule has 8 aromatic carbocycles. The van der Waals surface area contributed by atoms with E-state index in [-0.39, 0.29) is 55.5 Å². The molecule has 16 saturated carbocycles. The first-order chi connectivity index (χ1) is 52.3. The van der Waals surface area contributed by atoms with E-state index in [1.807, 2.05) is 61.7 Å². The fourth-order valence-electron chi connectivity index (χ4n) is 25.0. The number of methoxy groups -OCH3 is 4. The number of phenols is 2. The summed E-state index contributed by atoms with van der Waals surface area (Å²) in [6, 6.07) is 46.1. The summed E-state index contributed by atoms with van der Waals surface area (Å²) in [5, 5.41) is 27.2. The average Bonchev–Trinajstić information content (AvgIpc) is 0.674. The van der Waals surface area contributed by atoms with Crippen LogP contribution in [0.25, 0.3) is 48.8 Å². The van der Waals surface area contributed by atoms with Crippen LogP contribution in [0.4, 0.5) is 0 Å². The molecule has 2 N–H and O–H groups in total. The summed E-state index contributed by atoms with van der Waals surface area (Å²) in [4.78, 5) is 69.0. The number of carbonyl (C=O) groups is 4. The number of rotatable bonds is 9. The van der Waals surface area contributed by atoms with E-state index in [4.69, 9.17) is 43.2 Å². The minimum absolute atomic E-state index is 0. The summed E-state index contributed by atoms with van der Waals surface area (Å²) in [6.07, 6.45) is 25.9. The molecule has 2 saturated heterocycles. The highest BCUT2D eigenvalue weighted by molar-refractivity contribution is 5.96. The zero-order valence-electron chi connectivity index (χ0n) is 62.8. The Morgan fingerprint density at radius 2 is 0.673 bits per heavy atom. The number of aromatic hydroxyl groups is 2. The van der Waals surface area contributed by atoms with Gasteiger partial charge in [0, 0.05) is 56.6 Å². The Bertz CT molecular complexity index is 4770. The summed E-state index contributed by atoms with van der Waals surface area (Å²) < 4.78 is 33.3. The van der Waals surface area contributed by atoms with Crippen molar-refractivity contribution in [1.82, 2.24) is 0 Å². The Balaban J connectivity index is 0.000000108. The van der Waals surface area contributed by atoms with Gasteiger partial charge < -0.3 is 38.6 Å². The summed E-state index contributed by atoms with van der Waals surface area (Å²) in [5.74, 6) is 12.4. The van der Waals surface area contributed by atoms with Crippen molar-refractivity contribution in [3.05, 3.63) is 173 Å². The minimum Gasteiger partial charge on any atom is -0.508 e. The lowest BCUT2D eigenvalue weighted by Crippen LogP contribution is -2.76. The number of hydrogen-bond acceptors (Lipinski definition) is 16. The van der Waals surface area contributed by atoms with Crippen LogP contribution in [0.3, 0.4) is 0 Å². The van der Waals surface area contributed by atoms with E-state index in [0.717, 1.165) is 119 Å². The highest BCUT2D eigenvalue weighted by atomic mass is 17.3. The van der Waals surface area contributed by atoms with Crippen LogP contribution in [-0.4, -0.2) is 73.5 Å². The van der Waals surface area contributed by atoms with Gasteiger partial charge in [-0.2, -0.15) is 9.78 Å². The highest BCUT2D eigenvalue weighted by Gasteiger charge is 2.78. The van der Waals surface area contributed by atoms with E-state index in [9.17, 15) is 29.4 Å². The largest absolute Gasteiger partial charge is 0.508 e. The van der Waals surface area contributed by atoms with Crippen LogP contribution < -0.4 is 9.47 Å². The van der Waals surface area contributed by atoms with E-state index in [1.165, 1.54) is 155 Å². The molecule has 580 valence electrons. The first-order valence-electron chi connectivity index (χ1n) is 40.0. The van der Waals surface area contributed by atoms with Crippen LogP contribution in [-0.2, 0) is 64.5 Å². The van der Waals surface area contributed by atoms with Gasteiger partial charge >= 0.3 is 17.9 Å². The molecule has 2 unspecified atom stereocenters. The van der Waals surface area contributed by atoms with E-state index in [1.54, 1.807) is 68.3 Å². The van der Waals surface area contributed by atoms with Crippen molar-refractivity contribution in [2.24, 2.45) is 94.7 Å². The standard InChI is InChI=1S/C24H26O5.C24H26O3.C22H24O4.C12H10O3.C10H14O.2CH4/c1-14(25)27-22-6-4-17-12-19(5-3-18(17)13-22)24(26-2)23(28-29-24)20-8-15-7-16(10-20)11-21(23)9-15;1-14(25)27-22-6-5-17-12-19(4-3-18(17)13-22)24(26-2)23-20-8-15-7-16(10-20)11-21(23)9-15;1-24-22(17-4-2-16-12-20(23)5-3-15(16)11-17)21(25-26-22)18-7-13-6-14(9-18)10-19(21)8-13;1-15-12(14)10-3-2-9-7-11(13)5-4-8(9)6-10;11-10-8-2-6-1-7(4-8)5-9(10)3-6;;/h3-6,12-13,15-16,20-21H,7-11H2,1-2H3;3-6,12-13,15-16,20-21H,7-11H2,1-2H3;2-5,11-14,18-19,23H,6-10H2,1H3;2-7,13H,1H3;6-9H,1-5H2;2*1H4. The maximum atomic E-state index is 11.6. The second-order valence-electron chi connectivity index (χ2n) is 34.8. The molecule has 18 aliphatic rings. The third-order valence-electron chi connectivity index (χ3n) is 28.6. The Morgan fingerprint density at radius 1 is 0.355 bits per heavy atom. The molecule has 2 atom stereocenters. The number of ether oxygens (including phenoxy) is 6. The predicted molar refractivity (Wildman–Crippen MR) is 421 cm³/mol. The van der Waals surface area contributed by atoms with Crippen molar-refractivity contribution in [3.8, 4) is 23.0 Å². The predicted octanol–water partition coefficient (Wildman–Crippen LogP) is 20.4. The maximum Gasteiger partial charge on any atom is 0.337 e. The van der Waals surface area contributed by atoms with Crippen molar-refractivity contribution in [2.45, 2.75) is 180 Å². The Kier molecular flexibility index (Phi) is 20.5. The van der Waals surface area contributed by atoms with Crippen LogP contribution in [0.1, 0.15) is 184 Å². The molecule has 0 radical (unpaired) electrons. The molecule has 16 heteroatoms. The molecule has 2 heterocycles. The molecule has 2 spiro atoms. The molecule has 0 amide bonds. The second-order valence-corrected chi connectivity index (χ2v) is 34.8. The zero-order chi connectivity index (χ0) is 74.1. The van der Waals surface area contributed by atoms with Gasteiger partial charge in [0.25, 0.3) is 11.6 Å². The lowest BCUT2D eigenvalue weighted by atomic mass is 9.47. The fourth-order valence-corrected chi connectivity index (χ4v) is 25.0. The topological polar surface area (TPSA) is 201 Å². The number of carbonyl (C=O) groups excluding carboxylic acids is 4. The number of benzene rings is 8. The normalized spacial score (nSPS) is 34.4.